The molecule has 0 bridgehead atoms. The number of hydrogen-bond donors (Lipinski definition) is 2. The van der Waals surface area contributed by atoms with Crippen LogP contribution in [0.25, 0.3) is 0 Å². The highest BCUT2D eigenvalue weighted by molar-refractivity contribution is 5.85. The Morgan fingerprint density at radius 3 is 2.44 bits per heavy atom. The summed E-state index contributed by atoms with van der Waals surface area (Å²) in [7, 11) is 0. The highest BCUT2D eigenvalue weighted by atomic mass is 16.1. The number of carbonyl (C=O) groups is 1. The van der Waals surface area contributed by atoms with Crippen molar-refractivity contribution in [2.24, 2.45) is 11.5 Å². The zero-order chi connectivity index (χ0) is 6.85. The van der Waals surface area contributed by atoms with Gasteiger partial charge in [-0.1, -0.05) is 0 Å². The molecule has 0 aromatic heterocycles. The van der Waals surface area contributed by atoms with E-state index >= 15 is 0 Å². The van der Waals surface area contributed by atoms with Crippen LogP contribution < -0.4 is 11.5 Å². The van der Waals surface area contributed by atoms with E-state index in [1.807, 2.05) is 0 Å². The minimum atomic E-state index is -0.232. The zero-order valence-electron chi connectivity index (χ0n) is 5.34. The SMILES string of the molecule is NC1CCC(N)C(=O)C1. The van der Waals surface area contributed by atoms with Gasteiger partial charge in [0.15, 0.2) is 5.78 Å². The highest BCUT2D eigenvalue weighted by Gasteiger charge is 2.22. The van der Waals surface area contributed by atoms with Gasteiger partial charge in [0, 0.05) is 12.5 Å². The Morgan fingerprint density at radius 2 is 2.00 bits per heavy atom. The first-order chi connectivity index (χ1) is 4.20. The number of Topliss-reactive ketones (excluding diaryl/α,β-unsaturated/α-hetero) is 1. The molecule has 0 radical (unpaired) electrons. The van der Waals surface area contributed by atoms with Crippen molar-refractivity contribution in [1.29, 1.82) is 0 Å². The summed E-state index contributed by atoms with van der Waals surface area (Å²) in [5.41, 5.74) is 10.9. The molecule has 0 aliphatic heterocycles. The summed E-state index contributed by atoms with van der Waals surface area (Å²) in [6.45, 7) is 0. The third kappa shape index (κ3) is 1.50. The Hall–Kier alpha value is -0.410. The van der Waals surface area contributed by atoms with E-state index in [1.54, 1.807) is 0 Å². The smallest absolute Gasteiger partial charge is 0.151 e. The molecule has 1 aliphatic carbocycles. The van der Waals surface area contributed by atoms with Crippen molar-refractivity contribution < 1.29 is 4.79 Å². The van der Waals surface area contributed by atoms with E-state index in [-0.39, 0.29) is 17.9 Å². The molecule has 0 amide bonds. The van der Waals surface area contributed by atoms with Crippen LogP contribution >= 0.6 is 0 Å². The molecule has 0 spiro atoms. The van der Waals surface area contributed by atoms with Crippen LogP contribution in [0.15, 0.2) is 0 Å². The lowest BCUT2D eigenvalue weighted by Gasteiger charge is -2.21. The van der Waals surface area contributed by atoms with Crippen LogP contribution in [0.3, 0.4) is 0 Å². The molecule has 9 heavy (non-hydrogen) atoms. The van der Waals surface area contributed by atoms with Gasteiger partial charge in [0.2, 0.25) is 0 Å². The number of ketones is 1. The molecule has 2 unspecified atom stereocenters. The van der Waals surface area contributed by atoms with Crippen LogP contribution in [-0.4, -0.2) is 17.9 Å². The molecule has 3 nitrogen and oxygen atoms in total. The molecule has 1 saturated carbocycles. The van der Waals surface area contributed by atoms with Gasteiger partial charge < -0.3 is 11.5 Å². The van der Waals surface area contributed by atoms with E-state index in [0.29, 0.717) is 6.42 Å². The van der Waals surface area contributed by atoms with Gasteiger partial charge in [0.1, 0.15) is 0 Å². The van der Waals surface area contributed by atoms with Gasteiger partial charge >= 0.3 is 0 Å². The van der Waals surface area contributed by atoms with Crippen LogP contribution in [0.2, 0.25) is 0 Å². The maximum atomic E-state index is 10.8. The van der Waals surface area contributed by atoms with Gasteiger partial charge in [-0.3, -0.25) is 4.79 Å². The molecule has 0 saturated heterocycles. The first-order valence-electron chi connectivity index (χ1n) is 3.24. The first-order valence-corrected chi connectivity index (χ1v) is 3.24. The summed E-state index contributed by atoms with van der Waals surface area (Å²) in [5, 5.41) is 0. The topological polar surface area (TPSA) is 69.1 Å². The van der Waals surface area contributed by atoms with Crippen LogP contribution in [0, 0.1) is 0 Å². The lowest BCUT2D eigenvalue weighted by molar-refractivity contribution is -0.121. The summed E-state index contributed by atoms with van der Waals surface area (Å²) in [6.07, 6.45) is 2.13. The molecule has 1 aliphatic rings. The minimum absolute atomic E-state index is 0.0669. The monoisotopic (exact) mass is 128 g/mol. The van der Waals surface area contributed by atoms with Crippen LogP contribution in [0.1, 0.15) is 19.3 Å². The zero-order valence-corrected chi connectivity index (χ0v) is 5.34. The van der Waals surface area contributed by atoms with Crippen molar-refractivity contribution in [3.05, 3.63) is 0 Å². The second-order valence-electron chi connectivity index (χ2n) is 2.61. The molecular formula is C6H12N2O. The molecule has 4 N–H and O–H groups in total. The van der Waals surface area contributed by atoms with E-state index in [4.69, 9.17) is 11.5 Å². The Morgan fingerprint density at radius 1 is 1.33 bits per heavy atom. The van der Waals surface area contributed by atoms with Crippen LogP contribution in [0.5, 0.6) is 0 Å². The predicted octanol–water partition coefficient (Wildman–Crippen LogP) is -0.606. The molecule has 1 fully saturated rings. The summed E-state index contributed by atoms with van der Waals surface area (Å²) in [6, 6.07) is -0.165. The second-order valence-corrected chi connectivity index (χ2v) is 2.61. The Kier molecular flexibility index (Phi) is 1.83. The number of hydrogen-bond acceptors (Lipinski definition) is 3. The number of rotatable bonds is 0. The summed E-state index contributed by atoms with van der Waals surface area (Å²) in [4.78, 5) is 10.8. The highest BCUT2D eigenvalue weighted by Crippen LogP contribution is 2.11. The fourth-order valence-electron chi connectivity index (χ4n) is 1.07. The number of carbonyl (C=O) groups excluding carboxylic acids is 1. The lowest BCUT2D eigenvalue weighted by Crippen LogP contribution is -2.41. The Labute approximate surface area is 54.4 Å². The van der Waals surface area contributed by atoms with Gasteiger partial charge in [-0.2, -0.15) is 0 Å². The molecule has 2 atom stereocenters. The molecule has 0 heterocycles. The maximum Gasteiger partial charge on any atom is 0.151 e. The summed E-state index contributed by atoms with van der Waals surface area (Å²) in [5.74, 6) is 0.119. The van der Waals surface area contributed by atoms with Crippen LogP contribution in [0.4, 0.5) is 0 Å². The molecule has 0 aromatic rings. The van der Waals surface area contributed by atoms with Gasteiger partial charge in [0.05, 0.1) is 6.04 Å². The Bertz CT molecular complexity index is 124. The van der Waals surface area contributed by atoms with Crippen molar-refractivity contribution in [3.63, 3.8) is 0 Å². The fraction of sp³-hybridized carbons (Fsp3) is 0.833. The molecule has 3 heteroatoms. The van der Waals surface area contributed by atoms with E-state index in [0.717, 1.165) is 12.8 Å². The minimum Gasteiger partial charge on any atom is -0.327 e. The van der Waals surface area contributed by atoms with Crippen LogP contribution in [-0.2, 0) is 4.79 Å². The normalized spacial score (nSPS) is 36.9. The van der Waals surface area contributed by atoms with Crippen molar-refractivity contribution >= 4 is 5.78 Å². The maximum absolute atomic E-state index is 10.8. The van der Waals surface area contributed by atoms with E-state index < -0.39 is 0 Å². The van der Waals surface area contributed by atoms with E-state index in [2.05, 4.69) is 0 Å². The molecule has 0 aromatic carbocycles. The fourth-order valence-corrected chi connectivity index (χ4v) is 1.07. The van der Waals surface area contributed by atoms with Crippen molar-refractivity contribution in [2.75, 3.05) is 0 Å². The van der Waals surface area contributed by atoms with Crippen molar-refractivity contribution in [3.8, 4) is 0 Å². The first kappa shape index (κ1) is 6.71. The third-order valence-corrected chi connectivity index (χ3v) is 1.73. The molecule has 52 valence electrons. The van der Waals surface area contributed by atoms with Gasteiger partial charge in [-0.05, 0) is 12.8 Å². The van der Waals surface area contributed by atoms with Gasteiger partial charge in [-0.25, -0.2) is 0 Å². The van der Waals surface area contributed by atoms with E-state index in [9.17, 15) is 4.79 Å². The Balaban J connectivity index is 2.44. The molecular weight excluding hydrogens is 116 g/mol. The second kappa shape index (κ2) is 2.45. The summed E-state index contributed by atoms with van der Waals surface area (Å²) < 4.78 is 0. The predicted molar refractivity (Wildman–Crippen MR) is 34.8 cm³/mol. The van der Waals surface area contributed by atoms with Crippen molar-refractivity contribution in [2.45, 2.75) is 31.3 Å². The third-order valence-electron chi connectivity index (χ3n) is 1.73. The average molecular weight is 128 g/mol. The number of nitrogens with two attached hydrogens (primary N) is 2. The average Bonchev–Trinajstić information content (AvgIpc) is 1.80. The lowest BCUT2D eigenvalue weighted by atomic mass is 9.91. The van der Waals surface area contributed by atoms with Gasteiger partial charge in [-0.15, -0.1) is 0 Å². The van der Waals surface area contributed by atoms with Crippen molar-refractivity contribution in [1.82, 2.24) is 0 Å². The van der Waals surface area contributed by atoms with E-state index in [1.165, 1.54) is 0 Å². The largest absolute Gasteiger partial charge is 0.327 e. The standard InChI is InChI=1S/C6H12N2O/c7-4-1-2-5(8)6(9)3-4/h4-5H,1-3,7-8H2. The quantitative estimate of drug-likeness (QED) is 0.457. The molecule has 1 rings (SSSR count). The van der Waals surface area contributed by atoms with Gasteiger partial charge in [0.25, 0.3) is 0 Å². The summed E-state index contributed by atoms with van der Waals surface area (Å²) >= 11 is 0.